The number of nitrogen functional groups attached to an aromatic ring is 1. The zero-order valence-electron chi connectivity index (χ0n) is 6.67. The highest BCUT2D eigenvalue weighted by atomic mass is 127. The largest absolute Gasteiger partial charge is 0.478 e. The maximum absolute atomic E-state index is 12.3. The topological polar surface area (TPSA) is 76.2 Å². The van der Waals surface area contributed by atoms with E-state index in [-0.39, 0.29) is 14.8 Å². The van der Waals surface area contributed by atoms with E-state index in [0.29, 0.717) is 0 Å². The van der Waals surface area contributed by atoms with Gasteiger partial charge in [-0.25, -0.2) is 13.6 Å². The predicted molar refractivity (Wildman–Crippen MR) is 53.3 cm³/mol. The minimum absolute atomic E-state index is 0.0162. The first-order valence-electron chi connectivity index (χ1n) is 3.40. The minimum atomic E-state index is -2.76. The van der Waals surface area contributed by atoms with Gasteiger partial charge in [-0.15, -0.1) is 0 Å². The molecule has 0 bridgehead atoms. The van der Waals surface area contributed by atoms with Gasteiger partial charge in [0.05, 0.1) is 9.26 Å². The van der Waals surface area contributed by atoms with Crippen molar-refractivity contribution in [1.29, 1.82) is 0 Å². The monoisotopic (exact) mass is 314 g/mol. The van der Waals surface area contributed by atoms with Crippen LogP contribution in [0.1, 0.15) is 22.5 Å². The van der Waals surface area contributed by atoms with Crippen molar-refractivity contribution in [3.8, 4) is 0 Å². The SMILES string of the molecule is Nc1c(C(=O)O)cnc(C(F)F)c1I. The fraction of sp³-hybridized carbons (Fsp3) is 0.143. The van der Waals surface area contributed by atoms with Crippen LogP contribution in [0.2, 0.25) is 0 Å². The van der Waals surface area contributed by atoms with Crippen LogP contribution in [0.5, 0.6) is 0 Å². The molecule has 4 nitrogen and oxygen atoms in total. The van der Waals surface area contributed by atoms with Crippen LogP contribution in [-0.4, -0.2) is 16.1 Å². The zero-order chi connectivity index (χ0) is 10.9. The molecule has 0 radical (unpaired) electrons. The van der Waals surface area contributed by atoms with Crippen LogP contribution in [-0.2, 0) is 0 Å². The number of alkyl halides is 2. The van der Waals surface area contributed by atoms with Crippen LogP contribution in [0.25, 0.3) is 0 Å². The molecule has 1 rings (SSSR count). The average Bonchev–Trinajstić information content (AvgIpc) is 2.08. The van der Waals surface area contributed by atoms with Crippen LogP contribution in [0, 0.1) is 3.57 Å². The van der Waals surface area contributed by atoms with Gasteiger partial charge in [-0.05, 0) is 22.6 Å². The van der Waals surface area contributed by atoms with Crippen molar-refractivity contribution >= 4 is 34.2 Å². The molecule has 3 N–H and O–H groups in total. The van der Waals surface area contributed by atoms with Crippen LogP contribution in [0.4, 0.5) is 14.5 Å². The maximum atomic E-state index is 12.3. The Morgan fingerprint density at radius 3 is 2.64 bits per heavy atom. The molecule has 7 heteroatoms. The highest BCUT2D eigenvalue weighted by Crippen LogP contribution is 2.28. The van der Waals surface area contributed by atoms with E-state index in [0.717, 1.165) is 6.20 Å². The highest BCUT2D eigenvalue weighted by Gasteiger charge is 2.19. The van der Waals surface area contributed by atoms with Crippen molar-refractivity contribution in [2.75, 3.05) is 5.73 Å². The molecular weight excluding hydrogens is 309 g/mol. The lowest BCUT2D eigenvalue weighted by Crippen LogP contribution is -2.08. The number of carboxylic acid groups (broad SMARTS) is 1. The van der Waals surface area contributed by atoms with Crippen LogP contribution < -0.4 is 5.73 Å². The Morgan fingerprint density at radius 2 is 2.21 bits per heavy atom. The summed E-state index contributed by atoms with van der Waals surface area (Å²) in [6, 6.07) is 0. The molecule has 1 aromatic heterocycles. The van der Waals surface area contributed by atoms with E-state index in [1.54, 1.807) is 22.6 Å². The van der Waals surface area contributed by atoms with Crippen molar-refractivity contribution < 1.29 is 18.7 Å². The second-order valence-electron chi connectivity index (χ2n) is 2.39. The van der Waals surface area contributed by atoms with Crippen LogP contribution in [0.15, 0.2) is 6.20 Å². The van der Waals surface area contributed by atoms with Gasteiger partial charge in [0.25, 0.3) is 6.43 Å². The van der Waals surface area contributed by atoms with Gasteiger partial charge in [0, 0.05) is 6.20 Å². The summed E-state index contributed by atoms with van der Waals surface area (Å²) in [6.45, 7) is 0. The summed E-state index contributed by atoms with van der Waals surface area (Å²) < 4.78 is 24.5. The number of nitrogens with zero attached hydrogens (tertiary/aromatic N) is 1. The summed E-state index contributed by atoms with van der Waals surface area (Å²) in [5, 5.41) is 8.61. The third-order valence-corrected chi connectivity index (χ3v) is 2.66. The van der Waals surface area contributed by atoms with Gasteiger partial charge in [0.1, 0.15) is 11.3 Å². The van der Waals surface area contributed by atoms with E-state index in [4.69, 9.17) is 10.8 Å². The second kappa shape index (κ2) is 4.03. The summed E-state index contributed by atoms with van der Waals surface area (Å²) >= 11 is 1.55. The molecular formula is C7H5F2IN2O2. The van der Waals surface area contributed by atoms with Gasteiger partial charge < -0.3 is 10.8 Å². The lowest BCUT2D eigenvalue weighted by molar-refractivity contribution is 0.0696. The Kier molecular flexibility index (Phi) is 3.19. The lowest BCUT2D eigenvalue weighted by Gasteiger charge is -2.07. The predicted octanol–water partition coefficient (Wildman–Crippen LogP) is 1.90. The molecule has 0 saturated heterocycles. The summed E-state index contributed by atoms with van der Waals surface area (Å²) in [7, 11) is 0. The molecule has 1 heterocycles. The second-order valence-corrected chi connectivity index (χ2v) is 3.47. The van der Waals surface area contributed by atoms with Crippen molar-refractivity contribution in [3.05, 3.63) is 21.0 Å². The van der Waals surface area contributed by atoms with Gasteiger partial charge >= 0.3 is 5.97 Å². The molecule has 0 aliphatic carbocycles. The maximum Gasteiger partial charge on any atom is 0.339 e. The van der Waals surface area contributed by atoms with Gasteiger partial charge in [0.2, 0.25) is 0 Å². The van der Waals surface area contributed by atoms with Gasteiger partial charge in [-0.2, -0.15) is 0 Å². The molecule has 1 aromatic rings. The fourth-order valence-electron chi connectivity index (χ4n) is 0.839. The Balaban J connectivity index is 3.33. The van der Waals surface area contributed by atoms with Crippen molar-refractivity contribution in [2.24, 2.45) is 0 Å². The Hall–Kier alpha value is -0.990. The fourth-order valence-corrected chi connectivity index (χ4v) is 1.50. The third kappa shape index (κ3) is 1.91. The molecule has 76 valence electrons. The summed E-state index contributed by atoms with van der Waals surface area (Å²) in [6.07, 6.45) is -1.92. The minimum Gasteiger partial charge on any atom is -0.478 e. The number of anilines is 1. The number of carboxylic acids is 1. The molecule has 0 aromatic carbocycles. The van der Waals surface area contributed by atoms with Crippen LogP contribution >= 0.6 is 22.6 Å². The van der Waals surface area contributed by atoms with E-state index >= 15 is 0 Å². The van der Waals surface area contributed by atoms with E-state index in [9.17, 15) is 13.6 Å². The summed E-state index contributed by atoms with van der Waals surface area (Å²) in [5.74, 6) is -1.28. The molecule has 0 unspecified atom stereocenters. The zero-order valence-corrected chi connectivity index (χ0v) is 8.83. The number of halogens is 3. The number of carbonyl (C=O) groups is 1. The first-order chi connectivity index (χ1) is 6.45. The number of nitrogens with two attached hydrogens (primary N) is 1. The normalized spacial score (nSPS) is 10.6. The smallest absolute Gasteiger partial charge is 0.339 e. The molecule has 14 heavy (non-hydrogen) atoms. The number of aromatic carboxylic acids is 1. The van der Waals surface area contributed by atoms with E-state index in [1.807, 2.05) is 0 Å². The molecule has 0 saturated carbocycles. The third-order valence-electron chi connectivity index (χ3n) is 1.52. The van der Waals surface area contributed by atoms with Gasteiger partial charge in [-0.1, -0.05) is 0 Å². The Labute approximate surface area is 91.3 Å². The molecule has 0 atom stereocenters. The lowest BCUT2D eigenvalue weighted by atomic mass is 10.2. The van der Waals surface area contributed by atoms with Crippen molar-refractivity contribution in [3.63, 3.8) is 0 Å². The highest BCUT2D eigenvalue weighted by molar-refractivity contribution is 14.1. The molecule has 0 fully saturated rings. The quantitative estimate of drug-likeness (QED) is 0.818. The number of pyridine rings is 1. The molecule has 0 aliphatic heterocycles. The number of rotatable bonds is 2. The Bertz CT molecular complexity index is 384. The standard InChI is InChI=1S/C7H5F2IN2O2/c8-6(9)5-3(10)4(11)2(1-12-5)7(13)14/h1,6H,(H2,11,12)(H,13,14). The van der Waals surface area contributed by atoms with Crippen molar-refractivity contribution in [1.82, 2.24) is 4.98 Å². The number of hydrogen-bond donors (Lipinski definition) is 2. The number of aromatic nitrogens is 1. The van der Waals surface area contributed by atoms with Crippen LogP contribution in [0.3, 0.4) is 0 Å². The first-order valence-corrected chi connectivity index (χ1v) is 4.48. The van der Waals surface area contributed by atoms with Gasteiger partial charge in [-0.3, -0.25) is 4.98 Å². The van der Waals surface area contributed by atoms with E-state index in [2.05, 4.69) is 4.98 Å². The van der Waals surface area contributed by atoms with E-state index in [1.165, 1.54) is 0 Å². The Morgan fingerprint density at radius 1 is 1.64 bits per heavy atom. The molecule has 0 spiro atoms. The molecule has 0 amide bonds. The number of hydrogen-bond acceptors (Lipinski definition) is 3. The van der Waals surface area contributed by atoms with Crippen molar-refractivity contribution in [2.45, 2.75) is 6.43 Å². The first kappa shape index (κ1) is 11.1. The summed E-state index contributed by atoms with van der Waals surface area (Å²) in [5.41, 5.74) is 4.43. The summed E-state index contributed by atoms with van der Waals surface area (Å²) in [4.78, 5) is 13.9. The average molecular weight is 314 g/mol. The van der Waals surface area contributed by atoms with E-state index < -0.39 is 18.1 Å². The van der Waals surface area contributed by atoms with Gasteiger partial charge in [0.15, 0.2) is 0 Å². The molecule has 0 aliphatic rings.